The molecular formula is C15H16BrN3OS. The van der Waals surface area contributed by atoms with E-state index in [1.807, 2.05) is 46.9 Å². The summed E-state index contributed by atoms with van der Waals surface area (Å²) in [6.45, 7) is 3.67. The third-order valence-electron chi connectivity index (χ3n) is 3.42. The second-order valence-electron chi connectivity index (χ2n) is 5.06. The largest absolute Gasteiger partial charge is 0.346 e. The molecule has 0 bridgehead atoms. The monoisotopic (exact) mass is 365 g/mol. The summed E-state index contributed by atoms with van der Waals surface area (Å²) in [6, 6.07) is 7.86. The molecule has 1 aromatic carbocycles. The quantitative estimate of drug-likeness (QED) is 0.758. The van der Waals surface area contributed by atoms with Crippen molar-refractivity contribution < 1.29 is 4.79 Å². The Labute approximate surface area is 135 Å². The van der Waals surface area contributed by atoms with Crippen LogP contribution in [-0.4, -0.2) is 28.6 Å². The Kier molecular flexibility index (Phi) is 4.26. The van der Waals surface area contributed by atoms with Crippen molar-refractivity contribution in [3.05, 3.63) is 44.6 Å². The molecule has 1 aliphatic heterocycles. The van der Waals surface area contributed by atoms with Crippen LogP contribution in [0.2, 0.25) is 0 Å². The molecule has 0 aliphatic carbocycles. The Balaban J connectivity index is 2.01. The average Bonchev–Trinajstić information content (AvgIpc) is 3.08. The Bertz CT molecular complexity index is 729. The van der Waals surface area contributed by atoms with Crippen molar-refractivity contribution in [2.45, 2.75) is 19.8 Å². The minimum absolute atomic E-state index is 0.127. The third kappa shape index (κ3) is 3.27. The molecule has 6 heteroatoms. The number of urea groups is 1. The van der Waals surface area contributed by atoms with Gasteiger partial charge in [0, 0.05) is 34.3 Å². The summed E-state index contributed by atoms with van der Waals surface area (Å²) in [5.74, 6) is 0. The van der Waals surface area contributed by atoms with Crippen LogP contribution in [0.15, 0.2) is 39.9 Å². The fraction of sp³-hybridized carbons (Fsp3) is 0.333. The Morgan fingerprint density at radius 2 is 2.10 bits per heavy atom. The van der Waals surface area contributed by atoms with Gasteiger partial charge >= 0.3 is 6.03 Å². The number of hydrogen-bond acceptors (Lipinski definition) is 2. The van der Waals surface area contributed by atoms with Crippen molar-refractivity contribution in [3.8, 4) is 5.69 Å². The lowest BCUT2D eigenvalue weighted by molar-refractivity contribution is 0.218. The van der Waals surface area contributed by atoms with Gasteiger partial charge in [-0.2, -0.15) is 4.99 Å². The van der Waals surface area contributed by atoms with E-state index in [0.29, 0.717) is 0 Å². The molecule has 2 aromatic rings. The average molecular weight is 366 g/mol. The van der Waals surface area contributed by atoms with E-state index in [9.17, 15) is 4.79 Å². The Morgan fingerprint density at radius 1 is 1.33 bits per heavy atom. The third-order valence-corrected chi connectivity index (χ3v) is 4.81. The molecule has 0 atom stereocenters. The van der Waals surface area contributed by atoms with Crippen LogP contribution < -0.4 is 4.80 Å². The first kappa shape index (κ1) is 14.5. The van der Waals surface area contributed by atoms with Crippen LogP contribution in [0.1, 0.15) is 17.7 Å². The summed E-state index contributed by atoms with van der Waals surface area (Å²) in [5, 5.41) is 0. The molecule has 0 unspecified atom stereocenters. The number of halogens is 1. The number of likely N-dealkylation sites (tertiary alicyclic amines) is 1. The van der Waals surface area contributed by atoms with Crippen LogP contribution in [0, 0.1) is 6.92 Å². The van der Waals surface area contributed by atoms with Gasteiger partial charge < -0.3 is 4.90 Å². The maximum atomic E-state index is 12.2. The standard InChI is InChI=1S/C15H16BrN3OS/c1-11-10-19(13-6-4-5-12(16)9-13)15(21-11)17-14(20)18-7-2-3-8-18/h4-6,9-10H,2-3,7-8H2,1H3. The van der Waals surface area contributed by atoms with Gasteiger partial charge in [-0.25, -0.2) is 4.79 Å². The number of rotatable bonds is 1. The first-order valence-corrected chi connectivity index (χ1v) is 8.53. The van der Waals surface area contributed by atoms with Gasteiger partial charge in [0.05, 0.1) is 0 Å². The number of carbonyl (C=O) groups is 1. The number of aromatic nitrogens is 1. The van der Waals surface area contributed by atoms with Crippen LogP contribution in [0.4, 0.5) is 4.79 Å². The zero-order valence-corrected chi connectivity index (χ0v) is 14.2. The number of nitrogens with zero attached hydrogens (tertiary/aromatic N) is 3. The highest BCUT2D eigenvalue weighted by Crippen LogP contribution is 2.16. The summed E-state index contributed by atoms with van der Waals surface area (Å²) >= 11 is 5.02. The minimum Gasteiger partial charge on any atom is -0.323 e. The lowest BCUT2D eigenvalue weighted by atomic mass is 10.3. The Hall–Kier alpha value is -1.40. The molecule has 4 nitrogen and oxygen atoms in total. The van der Waals surface area contributed by atoms with Crippen LogP contribution >= 0.6 is 27.3 Å². The van der Waals surface area contributed by atoms with E-state index in [1.165, 1.54) is 11.3 Å². The van der Waals surface area contributed by atoms with Crippen molar-refractivity contribution in [1.29, 1.82) is 0 Å². The van der Waals surface area contributed by atoms with E-state index in [2.05, 4.69) is 20.9 Å². The van der Waals surface area contributed by atoms with E-state index in [4.69, 9.17) is 0 Å². The van der Waals surface area contributed by atoms with Gasteiger partial charge in [0.15, 0.2) is 4.80 Å². The Morgan fingerprint density at radius 3 is 2.81 bits per heavy atom. The summed E-state index contributed by atoms with van der Waals surface area (Å²) in [6.07, 6.45) is 4.18. The van der Waals surface area contributed by atoms with Crippen molar-refractivity contribution in [2.24, 2.45) is 4.99 Å². The van der Waals surface area contributed by atoms with Gasteiger partial charge in [-0.05, 0) is 38.0 Å². The molecule has 21 heavy (non-hydrogen) atoms. The summed E-state index contributed by atoms with van der Waals surface area (Å²) < 4.78 is 2.98. The molecule has 1 fully saturated rings. The molecule has 1 aromatic heterocycles. The first-order chi connectivity index (χ1) is 10.1. The second kappa shape index (κ2) is 6.15. The molecule has 1 saturated heterocycles. The predicted octanol–water partition coefficient (Wildman–Crippen LogP) is 3.73. The SMILES string of the molecule is Cc1cn(-c2cccc(Br)c2)c(=NC(=O)N2CCCC2)s1. The van der Waals surface area contributed by atoms with Gasteiger partial charge in [-0.15, -0.1) is 11.3 Å². The van der Waals surface area contributed by atoms with E-state index < -0.39 is 0 Å². The zero-order valence-electron chi connectivity index (χ0n) is 11.8. The van der Waals surface area contributed by atoms with Crippen molar-refractivity contribution >= 4 is 33.3 Å². The predicted molar refractivity (Wildman–Crippen MR) is 87.8 cm³/mol. The normalized spacial score (nSPS) is 15.7. The van der Waals surface area contributed by atoms with Crippen LogP contribution in [-0.2, 0) is 0 Å². The fourth-order valence-electron chi connectivity index (χ4n) is 2.41. The smallest absolute Gasteiger partial charge is 0.323 e. The number of aryl methyl sites for hydroxylation is 1. The minimum atomic E-state index is -0.127. The topological polar surface area (TPSA) is 37.6 Å². The van der Waals surface area contributed by atoms with Gasteiger partial charge in [0.2, 0.25) is 0 Å². The zero-order chi connectivity index (χ0) is 14.8. The van der Waals surface area contributed by atoms with E-state index in [0.717, 1.165) is 45.8 Å². The van der Waals surface area contributed by atoms with Gasteiger partial charge in [-0.3, -0.25) is 4.57 Å². The number of thiazole rings is 1. The maximum Gasteiger partial charge on any atom is 0.346 e. The number of amides is 2. The molecule has 0 radical (unpaired) electrons. The van der Waals surface area contributed by atoms with Gasteiger partial charge in [0.1, 0.15) is 0 Å². The molecular weight excluding hydrogens is 350 g/mol. The molecule has 2 heterocycles. The highest BCUT2D eigenvalue weighted by atomic mass is 79.9. The van der Waals surface area contributed by atoms with Crippen LogP contribution in [0.5, 0.6) is 0 Å². The lowest BCUT2D eigenvalue weighted by Gasteiger charge is -2.10. The van der Waals surface area contributed by atoms with E-state index in [-0.39, 0.29) is 6.03 Å². The highest BCUT2D eigenvalue weighted by molar-refractivity contribution is 9.10. The molecule has 3 rings (SSSR count). The summed E-state index contributed by atoms with van der Waals surface area (Å²) in [5.41, 5.74) is 1.00. The van der Waals surface area contributed by atoms with Gasteiger partial charge in [0.25, 0.3) is 0 Å². The van der Waals surface area contributed by atoms with E-state index in [1.54, 1.807) is 0 Å². The fourth-order valence-corrected chi connectivity index (χ4v) is 3.62. The summed E-state index contributed by atoms with van der Waals surface area (Å²) in [4.78, 5) is 20.2. The number of carbonyl (C=O) groups excluding carboxylic acids is 1. The van der Waals surface area contributed by atoms with Gasteiger partial charge in [-0.1, -0.05) is 22.0 Å². The molecule has 2 amide bonds. The number of hydrogen-bond donors (Lipinski definition) is 0. The molecule has 0 saturated carbocycles. The molecule has 0 N–H and O–H groups in total. The van der Waals surface area contributed by atoms with Crippen LogP contribution in [0.3, 0.4) is 0 Å². The van der Waals surface area contributed by atoms with Crippen molar-refractivity contribution in [3.63, 3.8) is 0 Å². The second-order valence-corrected chi connectivity index (χ2v) is 7.19. The van der Waals surface area contributed by atoms with Crippen LogP contribution in [0.25, 0.3) is 5.69 Å². The molecule has 110 valence electrons. The highest BCUT2D eigenvalue weighted by Gasteiger charge is 2.17. The van der Waals surface area contributed by atoms with E-state index >= 15 is 0 Å². The molecule has 1 aliphatic rings. The summed E-state index contributed by atoms with van der Waals surface area (Å²) in [7, 11) is 0. The maximum absolute atomic E-state index is 12.2. The van der Waals surface area contributed by atoms with Crippen molar-refractivity contribution in [1.82, 2.24) is 9.47 Å². The van der Waals surface area contributed by atoms with Crippen molar-refractivity contribution in [2.75, 3.05) is 13.1 Å². The lowest BCUT2D eigenvalue weighted by Crippen LogP contribution is -2.27. The first-order valence-electron chi connectivity index (χ1n) is 6.92. The molecule has 0 spiro atoms. The number of benzene rings is 1.